The van der Waals surface area contributed by atoms with Crippen LogP contribution in [0.1, 0.15) is 20.8 Å². The highest BCUT2D eigenvalue weighted by molar-refractivity contribution is 5.68. The number of rotatable bonds is 5. The van der Waals surface area contributed by atoms with E-state index in [0.29, 0.717) is 0 Å². The Hall–Kier alpha value is -2.58. The number of esters is 3. The molecule has 0 amide bonds. The van der Waals surface area contributed by atoms with E-state index in [9.17, 15) is 14.4 Å². The molecule has 0 radical (unpaired) electrons. The molecule has 0 fully saturated rings. The number of ether oxygens (including phenoxy) is 4. The van der Waals surface area contributed by atoms with Crippen LogP contribution >= 0.6 is 0 Å². The molecule has 0 saturated heterocycles. The van der Waals surface area contributed by atoms with E-state index in [4.69, 9.17) is 24.5 Å². The van der Waals surface area contributed by atoms with Crippen molar-refractivity contribution in [1.29, 1.82) is 0 Å². The van der Waals surface area contributed by atoms with Gasteiger partial charge in [0.25, 0.3) is 0 Å². The molecule has 1 aliphatic heterocycles. The van der Waals surface area contributed by atoms with Gasteiger partial charge in [-0.25, -0.2) is 0 Å². The van der Waals surface area contributed by atoms with Crippen LogP contribution in [0.2, 0.25) is 0 Å². The topological polar surface area (TPSA) is 137 Å². The number of nitrogens with zero attached hydrogens (tertiary/aromatic N) is 3. The monoisotopic (exact) mass is 313 g/mol. The van der Waals surface area contributed by atoms with Crippen molar-refractivity contribution in [2.45, 2.75) is 39.2 Å². The lowest BCUT2D eigenvalue weighted by Gasteiger charge is -2.32. The molecular formula is C12H15N3O7. The Bertz CT molecular complexity index is 539. The van der Waals surface area contributed by atoms with Crippen LogP contribution in [-0.2, 0) is 33.3 Å². The maximum Gasteiger partial charge on any atom is 0.307 e. The first kappa shape index (κ1) is 17.5. The summed E-state index contributed by atoms with van der Waals surface area (Å²) in [5.41, 5.74) is 8.53. The number of hydrogen-bond donors (Lipinski definition) is 0. The molecule has 0 N–H and O–H groups in total. The lowest BCUT2D eigenvalue weighted by atomic mass is 10.1. The third kappa shape index (κ3) is 5.43. The fourth-order valence-electron chi connectivity index (χ4n) is 1.68. The van der Waals surface area contributed by atoms with Crippen LogP contribution in [0.5, 0.6) is 0 Å². The lowest BCUT2D eigenvalue weighted by Crippen LogP contribution is -2.43. The van der Waals surface area contributed by atoms with Gasteiger partial charge in [-0.1, -0.05) is 5.11 Å². The Kier molecular flexibility index (Phi) is 6.36. The smallest absolute Gasteiger partial charge is 0.307 e. The van der Waals surface area contributed by atoms with Crippen molar-refractivity contribution in [3.8, 4) is 0 Å². The van der Waals surface area contributed by atoms with Crippen LogP contribution in [0.3, 0.4) is 0 Å². The van der Waals surface area contributed by atoms with E-state index >= 15 is 0 Å². The summed E-state index contributed by atoms with van der Waals surface area (Å²) in [6.07, 6.45) is -1.82. The first-order chi connectivity index (χ1) is 10.3. The second-order valence-corrected chi connectivity index (χ2v) is 4.27. The van der Waals surface area contributed by atoms with Crippen molar-refractivity contribution in [3.05, 3.63) is 22.3 Å². The zero-order valence-corrected chi connectivity index (χ0v) is 12.2. The largest absolute Gasteiger partial charge is 0.463 e. The van der Waals surface area contributed by atoms with Crippen LogP contribution in [0.15, 0.2) is 16.9 Å². The van der Waals surface area contributed by atoms with Gasteiger partial charge in [0, 0.05) is 31.8 Å². The van der Waals surface area contributed by atoms with Crippen molar-refractivity contribution >= 4 is 17.9 Å². The van der Waals surface area contributed by atoms with Crippen LogP contribution < -0.4 is 0 Å². The molecule has 1 rings (SSSR count). The zero-order chi connectivity index (χ0) is 16.7. The molecule has 0 aromatic heterocycles. The van der Waals surface area contributed by atoms with E-state index in [2.05, 4.69) is 10.0 Å². The van der Waals surface area contributed by atoms with E-state index < -0.39 is 36.3 Å². The summed E-state index contributed by atoms with van der Waals surface area (Å²) >= 11 is 0. The van der Waals surface area contributed by atoms with Gasteiger partial charge in [0.1, 0.15) is 18.5 Å². The Morgan fingerprint density at radius 1 is 1.27 bits per heavy atom. The molecule has 0 unspecified atom stereocenters. The minimum Gasteiger partial charge on any atom is -0.463 e. The minimum atomic E-state index is -1.23. The number of carbonyl (C=O) groups is 3. The quantitative estimate of drug-likeness (QED) is 0.242. The Morgan fingerprint density at radius 3 is 2.45 bits per heavy atom. The maximum atomic E-state index is 11.1. The zero-order valence-electron chi connectivity index (χ0n) is 12.2. The fraction of sp³-hybridized carbons (Fsp3) is 0.583. The summed E-state index contributed by atoms with van der Waals surface area (Å²) < 4.78 is 20.1. The van der Waals surface area contributed by atoms with Gasteiger partial charge in [-0.2, -0.15) is 0 Å². The van der Waals surface area contributed by atoms with Crippen molar-refractivity contribution in [1.82, 2.24) is 0 Å². The number of carbonyl (C=O) groups excluding carboxylic acids is 3. The molecule has 3 atom stereocenters. The first-order valence-corrected chi connectivity index (χ1v) is 6.24. The molecule has 22 heavy (non-hydrogen) atoms. The van der Waals surface area contributed by atoms with Crippen LogP contribution in [0.25, 0.3) is 10.4 Å². The SMILES string of the molecule is CC(=O)OC[C@H]1O[C@H](N=[N+]=[N-])C(OC(C)=O)=C[C@@H]1OC(C)=O. The summed E-state index contributed by atoms with van der Waals surface area (Å²) in [5, 5.41) is 3.34. The Labute approximate surface area is 125 Å². The Morgan fingerprint density at radius 2 is 1.95 bits per heavy atom. The summed E-state index contributed by atoms with van der Waals surface area (Å²) in [5.74, 6) is -1.93. The van der Waals surface area contributed by atoms with Crippen molar-refractivity contribution in [2.75, 3.05) is 6.61 Å². The van der Waals surface area contributed by atoms with Crippen molar-refractivity contribution in [3.63, 3.8) is 0 Å². The molecule has 10 heteroatoms. The van der Waals surface area contributed by atoms with E-state index in [0.717, 1.165) is 6.92 Å². The molecule has 0 saturated carbocycles. The molecule has 0 spiro atoms. The van der Waals surface area contributed by atoms with Gasteiger partial charge in [-0.15, -0.1) is 0 Å². The summed E-state index contributed by atoms with van der Waals surface area (Å²) in [4.78, 5) is 35.6. The molecule has 1 aliphatic rings. The van der Waals surface area contributed by atoms with Gasteiger partial charge >= 0.3 is 17.9 Å². The highest BCUT2D eigenvalue weighted by atomic mass is 16.6. The normalized spacial score (nSPS) is 23.6. The average Bonchev–Trinajstić information content (AvgIpc) is 2.38. The van der Waals surface area contributed by atoms with E-state index in [1.165, 1.54) is 19.9 Å². The summed E-state index contributed by atoms with van der Waals surface area (Å²) in [6.45, 7) is 3.31. The highest BCUT2D eigenvalue weighted by Crippen LogP contribution is 2.24. The standard InChI is InChI=1S/C12H15N3O7/c1-6(16)19-5-11-9(20-7(2)17)4-10(21-8(3)18)12(22-11)14-15-13/h4,9,11-12H,5H2,1-3H3/t9-,11+,12-/m0/s1. The predicted octanol–water partition coefficient (Wildman–Crippen LogP) is 0.963. The third-order valence-electron chi connectivity index (χ3n) is 2.41. The summed E-state index contributed by atoms with van der Waals surface area (Å²) in [7, 11) is 0. The highest BCUT2D eigenvalue weighted by Gasteiger charge is 2.36. The maximum absolute atomic E-state index is 11.1. The van der Waals surface area contributed by atoms with Crippen LogP contribution in [0.4, 0.5) is 0 Å². The Balaban J connectivity index is 3.03. The first-order valence-electron chi connectivity index (χ1n) is 6.24. The number of hydrogen-bond acceptors (Lipinski definition) is 8. The van der Waals surface area contributed by atoms with Gasteiger partial charge in [-0.3, -0.25) is 14.4 Å². The van der Waals surface area contributed by atoms with Crippen molar-refractivity contribution in [2.24, 2.45) is 5.11 Å². The molecular weight excluding hydrogens is 298 g/mol. The second kappa shape index (κ2) is 8.01. The summed E-state index contributed by atoms with van der Waals surface area (Å²) in [6, 6.07) is 0. The van der Waals surface area contributed by atoms with Gasteiger partial charge in [-0.05, 0) is 5.53 Å². The van der Waals surface area contributed by atoms with Crippen molar-refractivity contribution < 1.29 is 33.3 Å². The van der Waals surface area contributed by atoms with Gasteiger partial charge in [0.2, 0.25) is 0 Å². The van der Waals surface area contributed by atoms with Gasteiger partial charge in [0.05, 0.1) is 0 Å². The van der Waals surface area contributed by atoms with Crippen LogP contribution in [-0.4, -0.2) is 43.0 Å². The second-order valence-electron chi connectivity index (χ2n) is 4.27. The van der Waals surface area contributed by atoms with E-state index in [1.54, 1.807) is 0 Å². The molecule has 1 heterocycles. The lowest BCUT2D eigenvalue weighted by molar-refractivity contribution is -0.168. The third-order valence-corrected chi connectivity index (χ3v) is 2.41. The van der Waals surface area contributed by atoms with Gasteiger partial charge < -0.3 is 18.9 Å². The molecule has 0 aromatic rings. The molecule has 0 bridgehead atoms. The van der Waals surface area contributed by atoms with E-state index in [1.807, 2.05) is 0 Å². The van der Waals surface area contributed by atoms with E-state index in [-0.39, 0.29) is 12.4 Å². The average molecular weight is 313 g/mol. The van der Waals surface area contributed by atoms with Crippen LogP contribution in [0, 0.1) is 0 Å². The molecule has 0 aliphatic carbocycles. The van der Waals surface area contributed by atoms with Gasteiger partial charge in [0.15, 0.2) is 12.3 Å². The molecule has 10 nitrogen and oxygen atoms in total. The predicted molar refractivity (Wildman–Crippen MR) is 69.8 cm³/mol. The minimum absolute atomic E-state index is 0.101. The molecule has 0 aromatic carbocycles. The molecule has 120 valence electrons. The fourth-order valence-corrected chi connectivity index (χ4v) is 1.68. The number of azide groups is 1.